The van der Waals surface area contributed by atoms with Gasteiger partial charge in [-0.2, -0.15) is 0 Å². The van der Waals surface area contributed by atoms with E-state index in [1.54, 1.807) is 12.3 Å². The second-order valence-corrected chi connectivity index (χ2v) is 2.79. The number of aromatic nitrogens is 1. The molecule has 0 aliphatic rings. The zero-order valence-electron chi connectivity index (χ0n) is 7.65. The first-order valence-corrected chi connectivity index (χ1v) is 3.94. The molecule has 1 atom stereocenters. The van der Waals surface area contributed by atoms with Crippen molar-refractivity contribution in [1.82, 2.24) is 4.98 Å². The maximum atomic E-state index is 11.1. The van der Waals surface area contributed by atoms with Crippen LogP contribution in [0.3, 0.4) is 0 Å². The molecule has 0 aliphatic heterocycles. The van der Waals surface area contributed by atoms with Crippen LogP contribution >= 0.6 is 0 Å². The van der Waals surface area contributed by atoms with Crippen LogP contribution in [0.1, 0.15) is 28.9 Å². The first kappa shape index (κ1) is 9.67. The summed E-state index contributed by atoms with van der Waals surface area (Å²) in [4.78, 5) is 15.0. The van der Waals surface area contributed by atoms with Crippen LogP contribution in [0.2, 0.25) is 0 Å². The number of rotatable bonds is 2. The maximum absolute atomic E-state index is 11.1. The Morgan fingerprint density at radius 2 is 2.31 bits per heavy atom. The lowest BCUT2D eigenvalue weighted by Crippen LogP contribution is -2.08. The number of nitrogens with zero attached hydrogens (tertiary/aromatic N) is 1. The fourth-order valence-electron chi connectivity index (χ4n) is 0.936. The summed E-state index contributed by atoms with van der Waals surface area (Å²) in [6, 6.07) is 1.56. The average molecular weight is 180 g/mol. The van der Waals surface area contributed by atoms with E-state index in [0.717, 1.165) is 5.56 Å². The zero-order valence-corrected chi connectivity index (χ0v) is 7.65. The highest BCUT2D eigenvalue weighted by atomic mass is 16.5. The number of esters is 1. The van der Waals surface area contributed by atoms with Crippen molar-refractivity contribution in [2.24, 2.45) is 5.73 Å². The Morgan fingerprint density at radius 3 is 2.85 bits per heavy atom. The average Bonchev–Trinajstić information content (AvgIpc) is 2.17. The molecule has 2 N–H and O–H groups in total. The standard InChI is InChI=1S/C9H12N2O2/c1-6(10)7-3-8(5-11-4-7)9(12)13-2/h3-6H,10H2,1-2H3/t6-/m1/s1. The van der Waals surface area contributed by atoms with Gasteiger partial charge in [0, 0.05) is 18.4 Å². The van der Waals surface area contributed by atoms with Gasteiger partial charge in [-0.25, -0.2) is 4.79 Å². The minimum Gasteiger partial charge on any atom is -0.465 e. The molecule has 0 amide bonds. The molecule has 0 unspecified atom stereocenters. The molecule has 0 aliphatic carbocycles. The topological polar surface area (TPSA) is 65.2 Å². The molecule has 0 aromatic carbocycles. The smallest absolute Gasteiger partial charge is 0.339 e. The molecular weight excluding hydrogens is 168 g/mol. The van der Waals surface area contributed by atoms with Gasteiger partial charge in [0.2, 0.25) is 0 Å². The zero-order chi connectivity index (χ0) is 9.84. The summed E-state index contributed by atoms with van der Waals surface area (Å²) in [5, 5.41) is 0. The van der Waals surface area contributed by atoms with Crippen LogP contribution in [0.25, 0.3) is 0 Å². The van der Waals surface area contributed by atoms with Crippen LogP contribution in [0.15, 0.2) is 18.5 Å². The summed E-state index contributed by atoms with van der Waals surface area (Å²) in [5.74, 6) is -0.394. The van der Waals surface area contributed by atoms with Gasteiger partial charge in [0.25, 0.3) is 0 Å². The summed E-state index contributed by atoms with van der Waals surface area (Å²) in [5.41, 5.74) is 6.88. The van der Waals surface area contributed by atoms with E-state index >= 15 is 0 Å². The van der Waals surface area contributed by atoms with Gasteiger partial charge < -0.3 is 10.5 Å². The van der Waals surface area contributed by atoms with Crippen LogP contribution in [0.5, 0.6) is 0 Å². The molecule has 0 saturated heterocycles. The third kappa shape index (κ3) is 2.26. The van der Waals surface area contributed by atoms with Crippen molar-refractivity contribution in [3.63, 3.8) is 0 Å². The molecule has 1 heterocycles. The van der Waals surface area contributed by atoms with Gasteiger partial charge in [-0.1, -0.05) is 0 Å². The predicted molar refractivity (Wildman–Crippen MR) is 48.2 cm³/mol. The highest BCUT2D eigenvalue weighted by Gasteiger charge is 2.07. The van der Waals surface area contributed by atoms with Gasteiger partial charge in [0.05, 0.1) is 12.7 Å². The van der Waals surface area contributed by atoms with E-state index in [4.69, 9.17) is 5.73 Å². The van der Waals surface area contributed by atoms with E-state index in [2.05, 4.69) is 9.72 Å². The normalized spacial score (nSPS) is 12.2. The van der Waals surface area contributed by atoms with Gasteiger partial charge in [0.15, 0.2) is 0 Å². The summed E-state index contributed by atoms with van der Waals surface area (Å²) in [7, 11) is 1.33. The minimum atomic E-state index is -0.394. The summed E-state index contributed by atoms with van der Waals surface area (Å²) >= 11 is 0. The van der Waals surface area contributed by atoms with E-state index in [1.807, 2.05) is 6.92 Å². The fraction of sp³-hybridized carbons (Fsp3) is 0.333. The van der Waals surface area contributed by atoms with Crippen molar-refractivity contribution in [3.05, 3.63) is 29.6 Å². The lowest BCUT2D eigenvalue weighted by Gasteiger charge is -2.05. The Labute approximate surface area is 76.7 Å². The number of hydrogen-bond donors (Lipinski definition) is 1. The molecule has 0 fully saturated rings. The quantitative estimate of drug-likeness (QED) is 0.686. The van der Waals surface area contributed by atoms with Crippen molar-refractivity contribution >= 4 is 5.97 Å². The Kier molecular flexibility index (Phi) is 2.97. The van der Waals surface area contributed by atoms with E-state index < -0.39 is 5.97 Å². The molecule has 0 spiro atoms. The molecule has 4 heteroatoms. The van der Waals surface area contributed by atoms with E-state index in [-0.39, 0.29) is 6.04 Å². The maximum Gasteiger partial charge on any atom is 0.339 e. The van der Waals surface area contributed by atoms with E-state index in [1.165, 1.54) is 13.3 Å². The Balaban J connectivity index is 2.98. The minimum absolute atomic E-state index is 0.128. The van der Waals surface area contributed by atoms with Crippen LogP contribution in [-0.2, 0) is 4.74 Å². The highest BCUT2D eigenvalue weighted by molar-refractivity contribution is 5.89. The second-order valence-electron chi connectivity index (χ2n) is 2.79. The molecule has 4 nitrogen and oxygen atoms in total. The van der Waals surface area contributed by atoms with Crippen molar-refractivity contribution in [2.75, 3.05) is 7.11 Å². The van der Waals surface area contributed by atoms with Crippen molar-refractivity contribution in [2.45, 2.75) is 13.0 Å². The lowest BCUT2D eigenvalue weighted by molar-refractivity contribution is 0.0600. The first-order valence-electron chi connectivity index (χ1n) is 3.94. The molecular formula is C9H12N2O2. The number of hydrogen-bond acceptors (Lipinski definition) is 4. The molecule has 1 rings (SSSR count). The Morgan fingerprint density at radius 1 is 1.62 bits per heavy atom. The molecule has 1 aromatic rings. The molecule has 1 aromatic heterocycles. The molecule has 0 radical (unpaired) electrons. The highest BCUT2D eigenvalue weighted by Crippen LogP contribution is 2.10. The third-order valence-electron chi connectivity index (χ3n) is 1.71. The van der Waals surface area contributed by atoms with Gasteiger partial charge in [-0.3, -0.25) is 4.98 Å². The largest absolute Gasteiger partial charge is 0.465 e. The van der Waals surface area contributed by atoms with Crippen LogP contribution in [-0.4, -0.2) is 18.1 Å². The Bertz CT molecular complexity index is 310. The molecule has 0 saturated carbocycles. The number of carbonyl (C=O) groups excluding carboxylic acids is 1. The van der Waals surface area contributed by atoms with Gasteiger partial charge >= 0.3 is 5.97 Å². The molecule has 0 bridgehead atoms. The number of carbonyl (C=O) groups is 1. The Hall–Kier alpha value is -1.42. The molecule has 13 heavy (non-hydrogen) atoms. The monoisotopic (exact) mass is 180 g/mol. The second kappa shape index (κ2) is 4.00. The number of nitrogens with two attached hydrogens (primary N) is 1. The summed E-state index contributed by atoms with van der Waals surface area (Å²) in [6.45, 7) is 1.83. The van der Waals surface area contributed by atoms with Crippen LogP contribution < -0.4 is 5.73 Å². The molecule has 70 valence electrons. The van der Waals surface area contributed by atoms with E-state index in [9.17, 15) is 4.79 Å². The summed E-state index contributed by atoms with van der Waals surface area (Å²) < 4.78 is 4.55. The fourth-order valence-corrected chi connectivity index (χ4v) is 0.936. The van der Waals surface area contributed by atoms with Crippen molar-refractivity contribution in [1.29, 1.82) is 0 Å². The number of methoxy groups -OCH3 is 1. The first-order chi connectivity index (χ1) is 6.15. The van der Waals surface area contributed by atoms with Crippen LogP contribution in [0, 0.1) is 0 Å². The van der Waals surface area contributed by atoms with E-state index in [0.29, 0.717) is 5.56 Å². The SMILES string of the molecule is COC(=O)c1cncc([C@@H](C)N)c1. The predicted octanol–water partition coefficient (Wildman–Crippen LogP) is 0.888. The van der Waals surface area contributed by atoms with Gasteiger partial charge in [-0.05, 0) is 18.6 Å². The summed E-state index contributed by atoms with van der Waals surface area (Å²) in [6.07, 6.45) is 3.09. The van der Waals surface area contributed by atoms with Crippen molar-refractivity contribution < 1.29 is 9.53 Å². The van der Waals surface area contributed by atoms with Crippen molar-refractivity contribution in [3.8, 4) is 0 Å². The van der Waals surface area contributed by atoms with Crippen LogP contribution in [0.4, 0.5) is 0 Å². The number of pyridine rings is 1. The third-order valence-corrected chi connectivity index (χ3v) is 1.71. The van der Waals surface area contributed by atoms with Gasteiger partial charge in [-0.15, -0.1) is 0 Å². The van der Waals surface area contributed by atoms with Gasteiger partial charge in [0.1, 0.15) is 0 Å². The lowest BCUT2D eigenvalue weighted by atomic mass is 10.1. The number of ether oxygens (including phenoxy) is 1.